The molecule has 27 heavy (non-hydrogen) atoms. The lowest BCUT2D eigenvalue weighted by Gasteiger charge is -2.43. The Hall–Kier alpha value is -2.84. The second-order valence-electron chi connectivity index (χ2n) is 7.11. The molecule has 5 rings (SSSR count). The molecule has 1 saturated heterocycles. The van der Waals surface area contributed by atoms with E-state index in [0.29, 0.717) is 31.0 Å². The molecule has 0 radical (unpaired) electrons. The van der Waals surface area contributed by atoms with Crippen molar-refractivity contribution in [2.75, 3.05) is 29.4 Å². The number of piperazine rings is 1. The number of halogens is 4. The minimum absolute atomic E-state index is 0.113. The van der Waals surface area contributed by atoms with Crippen molar-refractivity contribution in [3.63, 3.8) is 0 Å². The first kappa shape index (κ1) is 16.3. The number of hydrogen-bond donors (Lipinski definition) is 1. The van der Waals surface area contributed by atoms with E-state index in [0.717, 1.165) is 31.2 Å². The van der Waals surface area contributed by atoms with Gasteiger partial charge in [-0.15, -0.1) is 0 Å². The highest BCUT2D eigenvalue weighted by molar-refractivity contribution is 5.91. The molecule has 140 valence electrons. The third kappa shape index (κ3) is 2.52. The van der Waals surface area contributed by atoms with Crippen molar-refractivity contribution >= 4 is 22.5 Å². The second-order valence-corrected chi connectivity index (χ2v) is 7.11. The summed E-state index contributed by atoms with van der Waals surface area (Å²) < 4.78 is 55.1. The molecular formula is C18H15F4N5. The van der Waals surface area contributed by atoms with Crippen LogP contribution in [-0.2, 0) is 0 Å². The van der Waals surface area contributed by atoms with E-state index in [1.807, 2.05) is 4.90 Å². The van der Waals surface area contributed by atoms with Gasteiger partial charge in [-0.25, -0.2) is 22.5 Å². The summed E-state index contributed by atoms with van der Waals surface area (Å²) in [7, 11) is 0. The largest absolute Gasteiger partial charge is 0.350 e. The van der Waals surface area contributed by atoms with Crippen LogP contribution in [0.2, 0.25) is 0 Å². The molecule has 1 N–H and O–H groups in total. The molecular weight excluding hydrogens is 362 g/mol. The van der Waals surface area contributed by atoms with Gasteiger partial charge in [0.1, 0.15) is 17.5 Å². The molecule has 1 aromatic carbocycles. The highest BCUT2D eigenvalue weighted by Gasteiger charge is 2.53. The van der Waals surface area contributed by atoms with Gasteiger partial charge in [0.2, 0.25) is 0 Å². The van der Waals surface area contributed by atoms with Crippen molar-refractivity contribution in [1.82, 2.24) is 15.2 Å². The average Bonchev–Trinajstić information content (AvgIpc) is 3.23. The average molecular weight is 377 g/mol. The third-order valence-electron chi connectivity index (χ3n) is 5.38. The lowest BCUT2D eigenvalue weighted by Crippen LogP contribution is -2.56. The number of rotatable bonds is 2. The normalized spacial score (nSPS) is 18.5. The van der Waals surface area contributed by atoms with Crippen LogP contribution in [0.3, 0.4) is 0 Å². The molecule has 9 heteroatoms. The zero-order valence-corrected chi connectivity index (χ0v) is 14.1. The summed E-state index contributed by atoms with van der Waals surface area (Å²) in [6.07, 6.45) is 2.67. The van der Waals surface area contributed by atoms with Crippen LogP contribution in [0.5, 0.6) is 0 Å². The maximum atomic E-state index is 14.4. The van der Waals surface area contributed by atoms with Crippen LogP contribution in [0.25, 0.3) is 10.9 Å². The van der Waals surface area contributed by atoms with Crippen LogP contribution < -0.4 is 9.80 Å². The number of benzene rings is 1. The highest BCUT2D eigenvalue weighted by Crippen LogP contribution is 2.48. The first-order valence-electron chi connectivity index (χ1n) is 8.64. The molecule has 2 fully saturated rings. The molecule has 2 aliphatic rings. The van der Waals surface area contributed by atoms with E-state index in [-0.39, 0.29) is 16.7 Å². The Morgan fingerprint density at radius 2 is 1.70 bits per heavy atom. The van der Waals surface area contributed by atoms with Crippen LogP contribution in [0.15, 0.2) is 24.4 Å². The standard InChI is InChI=1S/C18H15F4N5/c19-10-5-12(21)15-14(7-10)24-25-17(15)27-4-3-26(9-18(27)1-2-18)16-13(22)6-11(20)8-23-16/h5-8H,1-4,9H2,(H,24,25). The molecule has 0 bridgehead atoms. The summed E-state index contributed by atoms with van der Waals surface area (Å²) in [5.41, 5.74) is -0.0176. The number of aromatic amines is 1. The zero-order chi connectivity index (χ0) is 18.8. The minimum Gasteiger partial charge on any atom is -0.350 e. The first-order chi connectivity index (χ1) is 13.0. The summed E-state index contributed by atoms with van der Waals surface area (Å²) >= 11 is 0. The fourth-order valence-corrected chi connectivity index (χ4v) is 3.95. The number of anilines is 2. The Kier molecular flexibility index (Phi) is 3.38. The zero-order valence-electron chi connectivity index (χ0n) is 14.1. The van der Waals surface area contributed by atoms with E-state index in [1.165, 1.54) is 6.07 Å². The number of hydrogen-bond acceptors (Lipinski definition) is 4. The summed E-state index contributed by atoms with van der Waals surface area (Å²) in [6.45, 7) is 1.36. The van der Waals surface area contributed by atoms with Crippen LogP contribution >= 0.6 is 0 Å². The first-order valence-corrected chi connectivity index (χ1v) is 8.64. The highest BCUT2D eigenvalue weighted by atomic mass is 19.1. The predicted molar refractivity (Wildman–Crippen MR) is 91.7 cm³/mol. The predicted octanol–water partition coefficient (Wildman–Crippen LogP) is 3.37. The molecule has 3 heterocycles. The third-order valence-corrected chi connectivity index (χ3v) is 5.38. The molecule has 0 unspecified atom stereocenters. The smallest absolute Gasteiger partial charge is 0.168 e. The number of H-pyrrole nitrogens is 1. The lowest BCUT2D eigenvalue weighted by molar-refractivity contribution is 0.490. The quantitative estimate of drug-likeness (QED) is 0.696. The van der Waals surface area contributed by atoms with E-state index in [1.54, 1.807) is 4.90 Å². The number of nitrogens with one attached hydrogen (secondary N) is 1. The van der Waals surface area contributed by atoms with Crippen LogP contribution in [-0.4, -0.2) is 40.4 Å². The van der Waals surface area contributed by atoms with E-state index >= 15 is 0 Å². The fraction of sp³-hybridized carbons (Fsp3) is 0.333. The van der Waals surface area contributed by atoms with Crippen molar-refractivity contribution in [3.05, 3.63) is 47.7 Å². The summed E-state index contributed by atoms with van der Waals surface area (Å²) in [6, 6.07) is 2.87. The van der Waals surface area contributed by atoms with Gasteiger partial charge in [0.05, 0.1) is 22.6 Å². The maximum Gasteiger partial charge on any atom is 0.168 e. The number of pyridine rings is 1. The van der Waals surface area contributed by atoms with Crippen molar-refractivity contribution in [3.8, 4) is 0 Å². The number of nitrogens with zero attached hydrogens (tertiary/aromatic N) is 4. The Morgan fingerprint density at radius 3 is 2.44 bits per heavy atom. The molecule has 1 saturated carbocycles. The molecule has 0 amide bonds. The summed E-state index contributed by atoms with van der Waals surface area (Å²) in [5, 5.41) is 7.16. The van der Waals surface area contributed by atoms with Crippen molar-refractivity contribution in [1.29, 1.82) is 0 Å². The monoisotopic (exact) mass is 377 g/mol. The van der Waals surface area contributed by atoms with Gasteiger partial charge in [0.15, 0.2) is 17.5 Å². The Balaban J connectivity index is 1.49. The van der Waals surface area contributed by atoms with Gasteiger partial charge in [-0.2, -0.15) is 5.10 Å². The summed E-state index contributed by atoms with van der Waals surface area (Å²) in [5.74, 6) is -2.21. The summed E-state index contributed by atoms with van der Waals surface area (Å²) in [4.78, 5) is 7.68. The van der Waals surface area contributed by atoms with E-state index in [2.05, 4.69) is 15.2 Å². The lowest BCUT2D eigenvalue weighted by atomic mass is 10.1. The van der Waals surface area contributed by atoms with E-state index in [4.69, 9.17) is 0 Å². The van der Waals surface area contributed by atoms with Gasteiger partial charge in [-0.1, -0.05) is 0 Å². The van der Waals surface area contributed by atoms with Crippen molar-refractivity contribution in [2.45, 2.75) is 18.4 Å². The van der Waals surface area contributed by atoms with Gasteiger partial charge in [-0.05, 0) is 18.9 Å². The van der Waals surface area contributed by atoms with E-state index < -0.39 is 23.3 Å². The second kappa shape index (κ2) is 5.58. The van der Waals surface area contributed by atoms with Crippen LogP contribution in [0.4, 0.5) is 29.2 Å². The molecule has 3 aromatic rings. The van der Waals surface area contributed by atoms with Crippen LogP contribution in [0.1, 0.15) is 12.8 Å². The SMILES string of the molecule is Fc1cnc(N2CCN(c3n[nH]c4cc(F)cc(F)c34)C3(CC3)C2)c(F)c1. The van der Waals surface area contributed by atoms with Crippen molar-refractivity contribution < 1.29 is 17.6 Å². The van der Waals surface area contributed by atoms with Gasteiger partial charge in [-0.3, -0.25) is 5.10 Å². The minimum atomic E-state index is -0.721. The Labute approximate surface area is 151 Å². The molecule has 1 spiro atoms. The topological polar surface area (TPSA) is 48.1 Å². The maximum absolute atomic E-state index is 14.4. The number of aromatic nitrogens is 3. The molecule has 2 aromatic heterocycles. The molecule has 0 atom stereocenters. The Bertz CT molecular complexity index is 1050. The molecule has 5 nitrogen and oxygen atoms in total. The van der Waals surface area contributed by atoms with Gasteiger partial charge in [0.25, 0.3) is 0 Å². The van der Waals surface area contributed by atoms with Gasteiger partial charge < -0.3 is 9.80 Å². The van der Waals surface area contributed by atoms with Gasteiger partial charge >= 0.3 is 0 Å². The molecule has 1 aliphatic carbocycles. The fourth-order valence-electron chi connectivity index (χ4n) is 3.95. The number of fused-ring (bicyclic) bond motifs is 1. The van der Waals surface area contributed by atoms with Crippen LogP contribution in [0, 0.1) is 23.3 Å². The molecule has 1 aliphatic heterocycles. The van der Waals surface area contributed by atoms with Gasteiger partial charge in [0, 0.05) is 31.8 Å². The van der Waals surface area contributed by atoms with E-state index in [9.17, 15) is 17.6 Å². The van der Waals surface area contributed by atoms with Crippen molar-refractivity contribution in [2.24, 2.45) is 0 Å². The Morgan fingerprint density at radius 1 is 0.926 bits per heavy atom.